The molecule has 1 aromatic carbocycles. The second kappa shape index (κ2) is 3.96. The van der Waals surface area contributed by atoms with Crippen LogP contribution in [0.15, 0.2) is 24.3 Å². The molecule has 2 rings (SSSR count). The van der Waals surface area contributed by atoms with E-state index in [4.69, 9.17) is 0 Å². The number of rotatable bonds is 2. The smallest absolute Gasteiger partial charge is 0.214 e. The van der Waals surface area contributed by atoms with E-state index in [1.165, 1.54) is 0 Å². The Morgan fingerprint density at radius 2 is 1.31 bits per heavy atom. The third kappa shape index (κ3) is 1.38. The summed E-state index contributed by atoms with van der Waals surface area (Å²) in [6, 6.07) is 7.39. The van der Waals surface area contributed by atoms with E-state index < -0.39 is 0 Å². The minimum Gasteiger partial charge on any atom is -0.308 e. The van der Waals surface area contributed by atoms with E-state index in [-0.39, 0.29) is 12.1 Å². The number of anilines is 2. The lowest BCUT2D eigenvalue weighted by molar-refractivity contribution is -0.109. The normalized spacial score (nSPS) is 23.9. The predicted octanol–water partition coefficient (Wildman–Crippen LogP) is 1.40. The molecule has 1 aliphatic rings. The molecule has 4 nitrogen and oxygen atoms in total. The van der Waals surface area contributed by atoms with Gasteiger partial charge in [-0.15, -0.1) is 0 Å². The van der Waals surface area contributed by atoms with E-state index in [0.717, 1.165) is 24.2 Å². The van der Waals surface area contributed by atoms with Crippen LogP contribution >= 0.6 is 0 Å². The highest BCUT2D eigenvalue weighted by molar-refractivity contribution is 5.93. The summed E-state index contributed by atoms with van der Waals surface area (Å²) in [5.41, 5.74) is 1.57. The van der Waals surface area contributed by atoms with Gasteiger partial charge < -0.3 is 9.80 Å². The summed E-state index contributed by atoms with van der Waals surface area (Å²) in [4.78, 5) is 25.5. The topological polar surface area (TPSA) is 40.6 Å². The summed E-state index contributed by atoms with van der Waals surface area (Å²) in [5.74, 6) is 0. The Hall–Kier alpha value is -1.84. The summed E-state index contributed by atoms with van der Waals surface area (Å²) in [7, 11) is 0. The van der Waals surface area contributed by atoms with Gasteiger partial charge in [0.25, 0.3) is 0 Å². The lowest BCUT2D eigenvalue weighted by Crippen LogP contribution is -2.52. The maximum atomic E-state index is 11.1. The van der Waals surface area contributed by atoms with Crippen molar-refractivity contribution in [3.63, 3.8) is 0 Å². The van der Waals surface area contributed by atoms with Gasteiger partial charge in [0.15, 0.2) is 0 Å². The van der Waals surface area contributed by atoms with Crippen LogP contribution in [0.4, 0.5) is 11.4 Å². The number of carbonyl (C=O) groups excluding carboxylic acids is 2. The van der Waals surface area contributed by atoms with Gasteiger partial charge in [-0.25, -0.2) is 0 Å². The fourth-order valence-corrected chi connectivity index (χ4v) is 2.11. The van der Waals surface area contributed by atoms with Gasteiger partial charge in [-0.05, 0) is 26.0 Å². The first-order chi connectivity index (χ1) is 7.70. The van der Waals surface area contributed by atoms with Crippen molar-refractivity contribution in [2.45, 2.75) is 25.9 Å². The first-order valence-electron chi connectivity index (χ1n) is 5.27. The second-order valence-corrected chi connectivity index (χ2v) is 4.00. The van der Waals surface area contributed by atoms with Crippen LogP contribution in [0.25, 0.3) is 0 Å². The van der Waals surface area contributed by atoms with Gasteiger partial charge >= 0.3 is 0 Å². The zero-order chi connectivity index (χ0) is 11.7. The molecule has 1 heterocycles. The average Bonchev–Trinajstić information content (AvgIpc) is 2.31. The van der Waals surface area contributed by atoms with Crippen LogP contribution < -0.4 is 9.80 Å². The van der Waals surface area contributed by atoms with E-state index in [1.54, 1.807) is 9.80 Å². The van der Waals surface area contributed by atoms with Gasteiger partial charge in [0.2, 0.25) is 12.8 Å². The summed E-state index contributed by atoms with van der Waals surface area (Å²) < 4.78 is 0. The maximum Gasteiger partial charge on any atom is 0.214 e. The largest absolute Gasteiger partial charge is 0.308 e. The van der Waals surface area contributed by atoms with Crippen LogP contribution in [0.1, 0.15) is 13.8 Å². The van der Waals surface area contributed by atoms with Crippen molar-refractivity contribution >= 4 is 24.2 Å². The molecule has 0 bridgehead atoms. The zero-order valence-corrected chi connectivity index (χ0v) is 9.33. The molecule has 1 aromatic rings. The van der Waals surface area contributed by atoms with E-state index >= 15 is 0 Å². The maximum absolute atomic E-state index is 11.1. The minimum absolute atomic E-state index is 0.0161. The third-order valence-corrected chi connectivity index (χ3v) is 3.24. The molecular weight excluding hydrogens is 204 g/mol. The monoisotopic (exact) mass is 218 g/mol. The van der Waals surface area contributed by atoms with Crippen molar-refractivity contribution in [1.29, 1.82) is 0 Å². The highest BCUT2D eigenvalue weighted by Crippen LogP contribution is 2.36. The third-order valence-electron chi connectivity index (χ3n) is 3.24. The molecule has 2 amide bonds. The van der Waals surface area contributed by atoms with E-state index in [0.29, 0.717) is 0 Å². The molecule has 0 N–H and O–H groups in total. The molecule has 4 heteroatoms. The molecule has 16 heavy (non-hydrogen) atoms. The number of hydrogen-bond acceptors (Lipinski definition) is 2. The second-order valence-electron chi connectivity index (χ2n) is 4.00. The van der Waals surface area contributed by atoms with Gasteiger partial charge in [0.05, 0.1) is 23.5 Å². The minimum atomic E-state index is -0.0161. The van der Waals surface area contributed by atoms with Crippen LogP contribution in [-0.2, 0) is 9.59 Å². The zero-order valence-electron chi connectivity index (χ0n) is 9.33. The fraction of sp³-hybridized carbons (Fsp3) is 0.333. The predicted molar refractivity (Wildman–Crippen MR) is 62.5 cm³/mol. The standard InChI is InChI=1S/C12H14N2O2/c1-9-10(2)14(8-16)12-6-4-3-5-11(12)13(9)7-15/h3-10H,1-2H3/t9-,10-/m1/s1. The van der Waals surface area contributed by atoms with E-state index in [1.807, 2.05) is 38.1 Å². The Labute approximate surface area is 94.5 Å². The van der Waals surface area contributed by atoms with Crippen LogP contribution in [0.3, 0.4) is 0 Å². The molecular formula is C12H14N2O2. The molecule has 0 aromatic heterocycles. The number of hydrogen-bond donors (Lipinski definition) is 0. The Kier molecular flexibility index (Phi) is 2.64. The summed E-state index contributed by atoms with van der Waals surface area (Å²) in [5, 5.41) is 0. The summed E-state index contributed by atoms with van der Waals surface area (Å²) in [6.07, 6.45) is 1.64. The number of para-hydroxylation sites is 2. The molecule has 84 valence electrons. The quantitative estimate of drug-likeness (QED) is 0.704. The highest BCUT2D eigenvalue weighted by atomic mass is 16.1. The van der Waals surface area contributed by atoms with Gasteiger partial charge in [-0.2, -0.15) is 0 Å². The molecule has 2 atom stereocenters. The summed E-state index contributed by atoms with van der Waals surface area (Å²) >= 11 is 0. The molecule has 0 fully saturated rings. The SMILES string of the molecule is C[C@@H]1[C@@H](C)N(C=O)c2ccccc2N1C=O. The van der Waals surface area contributed by atoms with Crippen molar-refractivity contribution < 1.29 is 9.59 Å². The fourth-order valence-electron chi connectivity index (χ4n) is 2.11. The first kappa shape index (κ1) is 10.7. The van der Waals surface area contributed by atoms with Gasteiger partial charge in [-0.3, -0.25) is 9.59 Å². The first-order valence-corrected chi connectivity index (χ1v) is 5.27. The number of amides is 2. The Morgan fingerprint density at radius 1 is 0.938 bits per heavy atom. The molecule has 0 radical (unpaired) electrons. The number of benzene rings is 1. The summed E-state index contributed by atoms with van der Waals surface area (Å²) in [6.45, 7) is 3.87. The number of nitrogens with zero attached hydrogens (tertiary/aromatic N) is 2. The Morgan fingerprint density at radius 3 is 1.62 bits per heavy atom. The molecule has 0 saturated heterocycles. The van der Waals surface area contributed by atoms with Crippen molar-refractivity contribution in [3.05, 3.63) is 24.3 Å². The Balaban J connectivity index is 2.58. The van der Waals surface area contributed by atoms with Crippen molar-refractivity contribution in [1.82, 2.24) is 0 Å². The van der Waals surface area contributed by atoms with Gasteiger partial charge in [-0.1, -0.05) is 12.1 Å². The molecule has 0 unspecified atom stereocenters. The van der Waals surface area contributed by atoms with Crippen molar-refractivity contribution in [2.75, 3.05) is 9.80 Å². The van der Waals surface area contributed by atoms with E-state index in [2.05, 4.69) is 0 Å². The van der Waals surface area contributed by atoms with Crippen molar-refractivity contribution in [3.8, 4) is 0 Å². The molecule has 0 saturated carbocycles. The van der Waals surface area contributed by atoms with Crippen LogP contribution in [0.5, 0.6) is 0 Å². The number of carbonyl (C=O) groups is 2. The average molecular weight is 218 g/mol. The van der Waals surface area contributed by atoms with E-state index in [9.17, 15) is 9.59 Å². The van der Waals surface area contributed by atoms with Crippen LogP contribution in [0, 0.1) is 0 Å². The molecule has 0 aliphatic carbocycles. The van der Waals surface area contributed by atoms with Gasteiger partial charge in [0.1, 0.15) is 0 Å². The molecule has 0 spiro atoms. The highest BCUT2D eigenvalue weighted by Gasteiger charge is 2.33. The Bertz CT molecular complexity index is 380. The van der Waals surface area contributed by atoms with Gasteiger partial charge in [0, 0.05) is 0 Å². The lowest BCUT2D eigenvalue weighted by atomic mass is 10.0. The van der Waals surface area contributed by atoms with Crippen LogP contribution in [-0.4, -0.2) is 24.9 Å². The van der Waals surface area contributed by atoms with Crippen LogP contribution in [0.2, 0.25) is 0 Å². The molecule has 1 aliphatic heterocycles. The number of fused-ring (bicyclic) bond motifs is 1. The van der Waals surface area contributed by atoms with Crippen molar-refractivity contribution in [2.24, 2.45) is 0 Å². The lowest BCUT2D eigenvalue weighted by Gasteiger charge is -2.42.